The van der Waals surface area contributed by atoms with Gasteiger partial charge in [-0.25, -0.2) is 14.4 Å². The maximum Gasteiger partial charge on any atom is 0.251 e. The fourth-order valence-electron chi connectivity index (χ4n) is 5.71. The Kier molecular flexibility index (Phi) is 8.15. The van der Waals surface area contributed by atoms with Gasteiger partial charge in [-0.15, -0.1) is 0 Å². The number of imidazole rings is 1. The molecule has 5 N–H and O–H groups in total. The number of aliphatic hydroxyl groups excluding tert-OH is 1. The molecule has 230 valence electrons. The van der Waals surface area contributed by atoms with Crippen LogP contribution in [0.4, 0.5) is 20.3 Å². The molecule has 13 heteroatoms. The first-order valence-corrected chi connectivity index (χ1v) is 14.5. The number of aliphatic hydroxyl groups is 1. The van der Waals surface area contributed by atoms with E-state index in [9.17, 15) is 23.5 Å². The zero-order valence-corrected chi connectivity index (χ0v) is 24.2. The van der Waals surface area contributed by atoms with E-state index in [0.29, 0.717) is 47.8 Å². The van der Waals surface area contributed by atoms with Crippen LogP contribution in [0.1, 0.15) is 42.1 Å². The second kappa shape index (κ2) is 12.2. The summed E-state index contributed by atoms with van der Waals surface area (Å²) in [4.78, 5) is 34.6. The molecule has 4 atom stereocenters. The summed E-state index contributed by atoms with van der Waals surface area (Å²) in [7, 11) is 1.27. The number of halogens is 2. The Hall–Kier alpha value is -4.62. The van der Waals surface area contributed by atoms with Crippen LogP contribution in [0.2, 0.25) is 0 Å². The molecule has 6 rings (SSSR count). The van der Waals surface area contributed by atoms with Gasteiger partial charge in [-0.3, -0.25) is 14.0 Å². The maximum absolute atomic E-state index is 14.8. The van der Waals surface area contributed by atoms with Crippen molar-refractivity contribution in [3.05, 3.63) is 71.7 Å². The van der Waals surface area contributed by atoms with E-state index in [4.69, 9.17) is 4.74 Å². The second-order valence-corrected chi connectivity index (χ2v) is 11.0. The molecule has 2 amide bonds. The number of hydrogen-bond donors (Lipinski definition) is 5. The lowest BCUT2D eigenvalue weighted by Gasteiger charge is -2.38. The molecule has 4 unspecified atom stereocenters. The number of hydrogen-bond acceptors (Lipinski definition) is 8. The van der Waals surface area contributed by atoms with Crippen LogP contribution in [-0.2, 0) is 11.2 Å². The highest BCUT2D eigenvalue weighted by molar-refractivity contribution is 5.96. The number of benzene rings is 2. The van der Waals surface area contributed by atoms with E-state index in [1.165, 1.54) is 31.6 Å². The molecule has 1 saturated heterocycles. The topological polar surface area (TPSA) is 142 Å². The first-order valence-electron chi connectivity index (χ1n) is 14.5. The van der Waals surface area contributed by atoms with Crippen molar-refractivity contribution in [3.8, 4) is 17.0 Å². The molecule has 2 aliphatic rings. The van der Waals surface area contributed by atoms with Crippen molar-refractivity contribution in [1.82, 2.24) is 30.3 Å². The number of anilines is 2. The van der Waals surface area contributed by atoms with Gasteiger partial charge in [0.15, 0.2) is 23.0 Å². The van der Waals surface area contributed by atoms with E-state index in [1.54, 1.807) is 22.7 Å². The molecular formula is C31H33F2N7O4. The molecule has 0 spiro atoms. The van der Waals surface area contributed by atoms with E-state index in [-0.39, 0.29) is 35.2 Å². The van der Waals surface area contributed by atoms with Crippen LogP contribution in [0.25, 0.3) is 16.9 Å². The minimum Gasteiger partial charge on any atom is -0.494 e. The zero-order valence-electron chi connectivity index (χ0n) is 24.2. The van der Waals surface area contributed by atoms with Gasteiger partial charge in [0.25, 0.3) is 5.91 Å². The quantitative estimate of drug-likeness (QED) is 0.196. The highest BCUT2D eigenvalue weighted by Crippen LogP contribution is 2.32. The summed E-state index contributed by atoms with van der Waals surface area (Å²) in [6, 6.07) is 7.39. The molecule has 2 aromatic carbocycles. The summed E-state index contributed by atoms with van der Waals surface area (Å²) in [5.74, 6) is -2.30. The second-order valence-electron chi connectivity index (χ2n) is 11.0. The standard InChI is InChI=1S/C31H33F2N7O4/c1-3-16-12-17(4-5-19(16)30(42)38-21-7-8-22(21)39-31(43)23-13-18(41)14-35-23)37-28-29-36-15-24(40(29)11-10-34-28)20-6-9-25(44-2)27(33)26(20)32/h4-6,9-12,15,18,21-23,35,41H,3,7-8,13-14H2,1-2H3,(H,34,37)(H,38,42)(H,39,43). The lowest BCUT2D eigenvalue weighted by molar-refractivity contribution is -0.124. The van der Waals surface area contributed by atoms with Crippen molar-refractivity contribution < 1.29 is 28.2 Å². The number of nitrogens with one attached hydrogen (secondary N) is 4. The number of carbonyl (C=O) groups is 2. The van der Waals surface area contributed by atoms with Crippen LogP contribution in [0.5, 0.6) is 5.75 Å². The normalized spacial score (nSPS) is 21.1. The van der Waals surface area contributed by atoms with Gasteiger partial charge in [0.05, 0.1) is 31.1 Å². The highest BCUT2D eigenvalue weighted by atomic mass is 19.2. The molecule has 4 aromatic rings. The predicted molar refractivity (Wildman–Crippen MR) is 159 cm³/mol. The third-order valence-corrected chi connectivity index (χ3v) is 8.31. The molecule has 3 heterocycles. The van der Waals surface area contributed by atoms with Crippen molar-refractivity contribution in [1.29, 1.82) is 0 Å². The lowest BCUT2D eigenvalue weighted by Crippen LogP contribution is -2.60. The number of carbonyl (C=O) groups excluding carboxylic acids is 2. The van der Waals surface area contributed by atoms with Gasteiger partial charge in [-0.1, -0.05) is 6.92 Å². The van der Waals surface area contributed by atoms with Crippen LogP contribution >= 0.6 is 0 Å². The van der Waals surface area contributed by atoms with E-state index in [2.05, 4.69) is 31.2 Å². The number of nitrogens with zero attached hydrogens (tertiary/aromatic N) is 3. The van der Waals surface area contributed by atoms with E-state index < -0.39 is 23.8 Å². The summed E-state index contributed by atoms with van der Waals surface area (Å²) >= 11 is 0. The van der Waals surface area contributed by atoms with Gasteiger partial charge in [0.2, 0.25) is 11.7 Å². The Morgan fingerprint density at radius 2 is 1.91 bits per heavy atom. The number of aryl methyl sites for hydroxylation is 1. The van der Waals surface area contributed by atoms with Gasteiger partial charge >= 0.3 is 0 Å². The van der Waals surface area contributed by atoms with Crippen LogP contribution in [0, 0.1) is 11.6 Å². The minimum absolute atomic E-state index is 0.0267. The van der Waals surface area contributed by atoms with Crippen molar-refractivity contribution in [2.45, 2.75) is 56.8 Å². The van der Waals surface area contributed by atoms with Gasteiger partial charge in [-0.05, 0) is 61.6 Å². The maximum atomic E-state index is 14.8. The summed E-state index contributed by atoms with van der Waals surface area (Å²) in [5, 5.41) is 22.0. The third-order valence-electron chi connectivity index (χ3n) is 8.31. The van der Waals surface area contributed by atoms with Gasteiger partial charge in [0.1, 0.15) is 0 Å². The summed E-state index contributed by atoms with van der Waals surface area (Å²) < 4.78 is 35.7. The summed E-state index contributed by atoms with van der Waals surface area (Å²) in [5.41, 5.74) is 2.78. The Balaban J connectivity index is 1.16. The average Bonchev–Trinajstić information content (AvgIpc) is 3.66. The molecule has 0 bridgehead atoms. The molecule has 11 nitrogen and oxygen atoms in total. The number of β-amino-alcohol motifs (C(OH)–C–C–N with tert-alkyl or cyclic N) is 1. The molecular weight excluding hydrogens is 572 g/mol. The molecule has 2 aromatic heterocycles. The molecule has 0 radical (unpaired) electrons. The average molecular weight is 606 g/mol. The smallest absolute Gasteiger partial charge is 0.251 e. The fraction of sp³-hybridized carbons (Fsp3) is 0.355. The van der Waals surface area contributed by atoms with E-state index in [1.807, 2.05) is 13.0 Å². The minimum atomic E-state index is -1.08. The van der Waals surface area contributed by atoms with Gasteiger partial charge < -0.3 is 31.1 Å². The number of amides is 2. The van der Waals surface area contributed by atoms with Crippen molar-refractivity contribution >= 4 is 29.0 Å². The Morgan fingerprint density at radius 1 is 1.11 bits per heavy atom. The SMILES string of the molecule is CCc1cc(Nc2nccn3c(-c4ccc(OC)c(F)c4F)cnc23)ccc1C(=O)NC1CCC1NC(=O)C1CC(O)CN1. The monoisotopic (exact) mass is 605 g/mol. The van der Waals surface area contributed by atoms with Crippen LogP contribution in [0.15, 0.2) is 48.9 Å². The number of rotatable bonds is 9. The van der Waals surface area contributed by atoms with Crippen molar-refractivity contribution in [2.75, 3.05) is 19.0 Å². The number of fused-ring (bicyclic) bond motifs is 1. The van der Waals surface area contributed by atoms with Crippen LogP contribution < -0.4 is 26.0 Å². The number of methoxy groups -OCH3 is 1. The Morgan fingerprint density at radius 3 is 2.61 bits per heavy atom. The van der Waals surface area contributed by atoms with Crippen molar-refractivity contribution in [2.24, 2.45) is 0 Å². The predicted octanol–water partition coefficient (Wildman–Crippen LogP) is 3.09. The van der Waals surface area contributed by atoms with Crippen LogP contribution in [-0.4, -0.2) is 69.2 Å². The lowest BCUT2D eigenvalue weighted by atomic mass is 9.85. The summed E-state index contributed by atoms with van der Waals surface area (Å²) in [6.45, 7) is 2.35. The molecule has 1 aliphatic heterocycles. The van der Waals surface area contributed by atoms with E-state index in [0.717, 1.165) is 18.4 Å². The first-order chi connectivity index (χ1) is 21.3. The summed E-state index contributed by atoms with van der Waals surface area (Å²) in [6.07, 6.45) is 6.55. The molecule has 1 aliphatic carbocycles. The first kappa shape index (κ1) is 29.5. The number of ether oxygens (including phenoxy) is 1. The zero-order chi connectivity index (χ0) is 31.0. The highest BCUT2D eigenvalue weighted by Gasteiger charge is 2.36. The molecule has 1 saturated carbocycles. The van der Waals surface area contributed by atoms with E-state index >= 15 is 0 Å². The fourth-order valence-corrected chi connectivity index (χ4v) is 5.71. The van der Waals surface area contributed by atoms with Crippen LogP contribution in [0.3, 0.4) is 0 Å². The van der Waals surface area contributed by atoms with Gasteiger partial charge in [-0.2, -0.15) is 4.39 Å². The van der Waals surface area contributed by atoms with Crippen molar-refractivity contribution in [3.63, 3.8) is 0 Å². The molecule has 2 fully saturated rings. The number of aromatic nitrogens is 3. The molecule has 44 heavy (non-hydrogen) atoms. The third kappa shape index (κ3) is 5.55. The Bertz CT molecular complexity index is 1730. The van der Waals surface area contributed by atoms with Gasteiger partial charge in [0, 0.05) is 47.8 Å². The largest absolute Gasteiger partial charge is 0.494 e. The Labute approximate surface area is 252 Å².